The second kappa shape index (κ2) is 7.27. The smallest absolute Gasteiger partial charge is 0.263 e. The molecule has 110 valence electrons. The number of halogens is 1. The molecule has 4 heteroatoms. The number of aryl methyl sites for hydroxylation is 1. The van der Waals surface area contributed by atoms with Crippen LogP contribution in [-0.2, 0) is 7.05 Å². The largest absolute Gasteiger partial charge is 1.00 e. The van der Waals surface area contributed by atoms with Gasteiger partial charge in [0.15, 0.2) is 0 Å². The van der Waals surface area contributed by atoms with Crippen LogP contribution in [0.5, 0.6) is 0 Å². The molecule has 2 rings (SSSR count). The number of allylic oxidation sites excluding steroid dienone is 1. The molecular weight excluding hydrogens is 397 g/mol. The lowest BCUT2D eigenvalue weighted by Crippen LogP contribution is -3.00. The van der Waals surface area contributed by atoms with Gasteiger partial charge in [-0.2, -0.15) is 4.57 Å². The highest BCUT2D eigenvalue weighted by Crippen LogP contribution is 2.36. The molecule has 0 aliphatic heterocycles. The Morgan fingerprint density at radius 3 is 2.50 bits per heavy atom. The lowest BCUT2D eigenvalue weighted by atomic mass is 9.96. The Labute approximate surface area is 147 Å². The van der Waals surface area contributed by atoms with Crippen molar-refractivity contribution >= 4 is 39.4 Å². The van der Waals surface area contributed by atoms with Gasteiger partial charge in [-0.1, -0.05) is 51.2 Å². The molecule has 0 saturated carbocycles. The molecule has 1 heterocycles. The van der Waals surface area contributed by atoms with Crippen LogP contribution in [-0.4, -0.2) is 5.75 Å². The summed E-state index contributed by atoms with van der Waals surface area (Å²) >= 11 is 3.82. The number of rotatable bonds is 3. The Hall–Kier alpha value is -0.0700. The van der Waals surface area contributed by atoms with Gasteiger partial charge in [0.2, 0.25) is 5.52 Å². The first-order valence-corrected chi connectivity index (χ1v) is 8.46. The summed E-state index contributed by atoms with van der Waals surface area (Å²) in [6.45, 7) is 9.08. The van der Waals surface area contributed by atoms with Gasteiger partial charge in [0.1, 0.15) is 11.7 Å². The van der Waals surface area contributed by atoms with Gasteiger partial charge in [0.05, 0.1) is 0 Å². The molecule has 0 fully saturated rings. The average molecular weight is 419 g/mol. The molecule has 0 saturated heterocycles. The van der Waals surface area contributed by atoms with Crippen molar-refractivity contribution in [1.82, 2.24) is 0 Å². The minimum Gasteiger partial charge on any atom is -1.00 e. The molecule has 20 heavy (non-hydrogen) atoms. The molecule has 2 aromatic rings. The minimum absolute atomic E-state index is 0. The van der Waals surface area contributed by atoms with Crippen LogP contribution < -0.4 is 28.5 Å². The maximum absolute atomic E-state index is 2.36. The second-order valence-electron chi connectivity index (χ2n) is 5.66. The number of para-hydroxylation sites is 1. The standard InChI is InChI=1S/C16H22NS2.HI/c1-6-18-14(16(2,3)4)11-15-17(5)12-9-7-8-10-13(12)19-15;/h7-11H,6H2,1-5H3;1H/q+1;/p-1/b14-11+;. The van der Waals surface area contributed by atoms with Crippen molar-refractivity contribution in [2.24, 2.45) is 12.5 Å². The van der Waals surface area contributed by atoms with Crippen molar-refractivity contribution in [2.45, 2.75) is 27.7 Å². The van der Waals surface area contributed by atoms with E-state index in [2.05, 4.69) is 69.7 Å². The zero-order chi connectivity index (χ0) is 14.0. The van der Waals surface area contributed by atoms with E-state index in [1.807, 2.05) is 23.1 Å². The van der Waals surface area contributed by atoms with Gasteiger partial charge in [0.25, 0.3) is 5.01 Å². The number of hydrogen-bond acceptors (Lipinski definition) is 2. The first kappa shape index (κ1) is 18.0. The van der Waals surface area contributed by atoms with Crippen molar-refractivity contribution in [2.75, 3.05) is 5.75 Å². The molecular formula is C16H22INS2. The molecule has 1 aromatic carbocycles. The first-order valence-electron chi connectivity index (χ1n) is 6.66. The van der Waals surface area contributed by atoms with Crippen LogP contribution in [0.3, 0.4) is 0 Å². The van der Waals surface area contributed by atoms with Crippen molar-refractivity contribution in [3.63, 3.8) is 0 Å². The molecule has 0 N–H and O–H groups in total. The highest BCUT2D eigenvalue weighted by atomic mass is 127. The van der Waals surface area contributed by atoms with Gasteiger partial charge in [-0.15, -0.1) is 11.8 Å². The SMILES string of the molecule is CCS/C(=C/c1sc2ccccc2[n+]1C)C(C)(C)C.[I-]. The van der Waals surface area contributed by atoms with E-state index in [1.165, 1.54) is 20.1 Å². The first-order chi connectivity index (χ1) is 8.93. The van der Waals surface area contributed by atoms with Crippen molar-refractivity contribution < 1.29 is 28.5 Å². The van der Waals surface area contributed by atoms with Gasteiger partial charge in [-0.05, 0) is 22.1 Å². The van der Waals surface area contributed by atoms with Crippen molar-refractivity contribution in [3.05, 3.63) is 34.2 Å². The number of thioether (sulfide) groups is 1. The maximum atomic E-state index is 2.36. The second-order valence-corrected chi connectivity index (χ2v) is 8.03. The number of benzene rings is 1. The van der Waals surface area contributed by atoms with Crippen LogP contribution in [0.15, 0.2) is 29.2 Å². The topological polar surface area (TPSA) is 3.88 Å². The number of hydrogen-bond donors (Lipinski definition) is 0. The van der Waals surface area contributed by atoms with E-state index < -0.39 is 0 Å². The van der Waals surface area contributed by atoms with E-state index in [0.29, 0.717) is 0 Å². The summed E-state index contributed by atoms with van der Waals surface area (Å²) in [6.07, 6.45) is 2.36. The van der Waals surface area contributed by atoms with Crippen LogP contribution in [0.2, 0.25) is 0 Å². The fraction of sp³-hybridized carbons (Fsp3) is 0.438. The quantitative estimate of drug-likeness (QED) is 0.543. The molecule has 0 atom stereocenters. The van der Waals surface area contributed by atoms with Gasteiger partial charge in [-0.3, -0.25) is 0 Å². The molecule has 0 radical (unpaired) electrons. The van der Waals surface area contributed by atoms with Crippen LogP contribution in [0.1, 0.15) is 32.7 Å². The summed E-state index contributed by atoms with van der Waals surface area (Å²) in [6, 6.07) is 8.60. The zero-order valence-electron chi connectivity index (χ0n) is 12.7. The van der Waals surface area contributed by atoms with E-state index in [1.54, 1.807) is 0 Å². The van der Waals surface area contributed by atoms with Gasteiger partial charge >= 0.3 is 0 Å². The van der Waals surface area contributed by atoms with Crippen molar-refractivity contribution in [1.29, 1.82) is 0 Å². The summed E-state index contributed by atoms with van der Waals surface area (Å²) in [7, 11) is 2.15. The molecule has 0 amide bonds. The molecule has 0 spiro atoms. The molecule has 1 aromatic heterocycles. The molecule has 0 bridgehead atoms. The maximum Gasteiger partial charge on any atom is 0.263 e. The number of aromatic nitrogens is 1. The summed E-state index contributed by atoms with van der Waals surface area (Å²) in [5.74, 6) is 1.12. The van der Waals surface area contributed by atoms with E-state index >= 15 is 0 Å². The van der Waals surface area contributed by atoms with Crippen LogP contribution in [0, 0.1) is 5.41 Å². The third-order valence-electron chi connectivity index (χ3n) is 3.07. The van der Waals surface area contributed by atoms with Gasteiger partial charge in [-0.25, -0.2) is 0 Å². The molecule has 1 nitrogen and oxygen atoms in total. The lowest BCUT2D eigenvalue weighted by Gasteiger charge is -2.21. The van der Waals surface area contributed by atoms with E-state index in [0.717, 1.165) is 5.75 Å². The molecule has 0 aliphatic rings. The number of fused-ring (bicyclic) bond motifs is 1. The zero-order valence-corrected chi connectivity index (χ0v) is 16.5. The Kier molecular flexibility index (Phi) is 6.54. The summed E-state index contributed by atoms with van der Waals surface area (Å²) in [5.41, 5.74) is 1.53. The highest BCUT2D eigenvalue weighted by molar-refractivity contribution is 8.03. The summed E-state index contributed by atoms with van der Waals surface area (Å²) < 4.78 is 3.65. The Bertz CT molecular complexity index is 608. The molecule has 0 unspecified atom stereocenters. The summed E-state index contributed by atoms with van der Waals surface area (Å²) in [5, 5.41) is 1.33. The molecule has 0 aliphatic carbocycles. The number of thiazole rings is 1. The Morgan fingerprint density at radius 1 is 1.30 bits per heavy atom. The average Bonchev–Trinajstić information content (AvgIpc) is 2.65. The van der Waals surface area contributed by atoms with E-state index in [4.69, 9.17) is 0 Å². The fourth-order valence-electron chi connectivity index (χ4n) is 1.99. The fourth-order valence-corrected chi connectivity index (χ4v) is 4.10. The van der Waals surface area contributed by atoms with Crippen LogP contribution in [0.4, 0.5) is 0 Å². The Morgan fingerprint density at radius 2 is 1.95 bits per heavy atom. The van der Waals surface area contributed by atoms with E-state index in [-0.39, 0.29) is 29.4 Å². The van der Waals surface area contributed by atoms with Gasteiger partial charge in [0, 0.05) is 12.1 Å². The predicted octanol–water partition coefficient (Wildman–Crippen LogP) is 1.87. The third-order valence-corrected chi connectivity index (χ3v) is 5.56. The lowest BCUT2D eigenvalue weighted by molar-refractivity contribution is -0.642. The van der Waals surface area contributed by atoms with Crippen LogP contribution in [0.25, 0.3) is 16.3 Å². The third kappa shape index (κ3) is 3.98. The minimum atomic E-state index is 0. The highest BCUT2D eigenvalue weighted by Gasteiger charge is 2.21. The normalized spacial score (nSPS) is 12.6. The number of nitrogens with zero attached hydrogens (tertiary/aromatic N) is 1. The van der Waals surface area contributed by atoms with E-state index in [9.17, 15) is 0 Å². The monoisotopic (exact) mass is 419 g/mol. The van der Waals surface area contributed by atoms with Crippen molar-refractivity contribution in [3.8, 4) is 0 Å². The predicted molar refractivity (Wildman–Crippen MR) is 88.6 cm³/mol. The van der Waals surface area contributed by atoms with Crippen LogP contribution >= 0.6 is 23.1 Å². The Balaban J connectivity index is 0.00000200. The summed E-state index contributed by atoms with van der Waals surface area (Å²) in [4.78, 5) is 1.46. The van der Waals surface area contributed by atoms with Gasteiger partial charge < -0.3 is 24.0 Å².